The lowest BCUT2D eigenvalue weighted by Crippen LogP contribution is -2.45. The summed E-state index contributed by atoms with van der Waals surface area (Å²) in [5, 5.41) is 21.8. The van der Waals surface area contributed by atoms with Gasteiger partial charge < -0.3 is 5.11 Å². The molecule has 0 spiro atoms. The van der Waals surface area contributed by atoms with Crippen LogP contribution in [0.1, 0.15) is 49.3 Å². The van der Waals surface area contributed by atoms with E-state index < -0.39 is 11.7 Å². The Labute approximate surface area is 231 Å². The third-order valence-electron chi connectivity index (χ3n) is 7.18. The molecule has 3 aromatic rings. The second-order valence-corrected chi connectivity index (χ2v) is 11.5. The molecule has 1 heterocycles. The number of ketones is 1. The van der Waals surface area contributed by atoms with Gasteiger partial charge in [-0.15, -0.1) is 0 Å². The number of aliphatic hydroxyl groups excluding tert-OH is 1. The van der Waals surface area contributed by atoms with E-state index >= 15 is 4.39 Å². The van der Waals surface area contributed by atoms with Gasteiger partial charge in [-0.25, -0.2) is 4.39 Å². The lowest BCUT2D eigenvalue weighted by Gasteiger charge is -2.45. The first-order valence-corrected chi connectivity index (χ1v) is 13.1. The number of hydrogen-bond acceptors (Lipinski definition) is 3. The molecule has 0 radical (unpaired) electrons. The Hall–Kier alpha value is -3.41. The fraction of sp³-hybridized carbons (Fsp3) is 0.226. The molecule has 2 aliphatic rings. The lowest BCUT2D eigenvalue weighted by atomic mass is 9.67. The number of rotatable bonds is 3. The molecule has 1 unspecified atom stereocenters. The van der Waals surface area contributed by atoms with E-state index in [2.05, 4.69) is 0 Å². The molecule has 0 amide bonds. The molecule has 1 aliphatic carbocycles. The van der Waals surface area contributed by atoms with Crippen molar-refractivity contribution in [2.24, 2.45) is 5.41 Å². The SMILES string of the molecule is Cc1ccc(/C(O)=C2\C(=N)N(c3ccc(Cl)c(Cl)c3)C3=C(C(=O)CC(C)(C)C3)C2c2ccccc2F)cc1. The van der Waals surface area contributed by atoms with Gasteiger partial charge in [0.2, 0.25) is 0 Å². The van der Waals surface area contributed by atoms with Crippen LogP contribution in [0.25, 0.3) is 5.76 Å². The van der Waals surface area contributed by atoms with Gasteiger partial charge in [0, 0.05) is 46.0 Å². The highest BCUT2D eigenvalue weighted by Gasteiger charge is 2.47. The van der Waals surface area contributed by atoms with E-state index in [0.717, 1.165) is 5.56 Å². The monoisotopic (exact) mass is 548 g/mol. The summed E-state index contributed by atoms with van der Waals surface area (Å²) in [6.45, 7) is 5.93. The molecule has 1 aliphatic heterocycles. The fourth-order valence-corrected chi connectivity index (χ4v) is 5.70. The van der Waals surface area contributed by atoms with Crippen LogP contribution in [0.3, 0.4) is 0 Å². The second-order valence-electron chi connectivity index (χ2n) is 10.7. The van der Waals surface area contributed by atoms with Crippen molar-refractivity contribution in [2.45, 2.75) is 39.5 Å². The summed E-state index contributed by atoms with van der Waals surface area (Å²) in [5.41, 5.74) is 2.99. The molecular weight excluding hydrogens is 522 g/mol. The molecule has 7 heteroatoms. The van der Waals surface area contributed by atoms with Crippen molar-refractivity contribution in [1.29, 1.82) is 5.41 Å². The van der Waals surface area contributed by atoms with Crippen molar-refractivity contribution in [3.63, 3.8) is 0 Å². The number of halogens is 3. The number of nitrogens with zero attached hydrogens (tertiary/aromatic N) is 1. The Morgan fingerprint density at radius 1 is 1.03 bits per heavy atom. The Morgan fingerprint density at radius 3 is 2.37 bits per heavy atom. The Kier molecular flexibility index (Phi) is 6.70. The number of aliphatic hydroxyl groups is 1. The zero-order chi connectivity index (χ0) is 27.4. The van der Waals surface area contributed by atoms with Crippen LogP contribution in [-0.2, 0) is 4.79 Å². The molecule has 4 nitrogen and oxygen atoms in total. The molecule has 194 valence electrons. The predicted octanol–water partition coefficient (Wildman–Crippen LogP) is 8.63. The van der Waals surface area contributed by atoms with Crippen molar-refractivity contribution in [2.75, 3.05) is 4.90 Å². The van der Waals surface area contributed by atoms with Crippen LogP contribution in [0.4, 0.5) is 10.1 Å². The van der Waals surface area contributed by atoms with Gasteiger partial charge in [0.1, 0.15) is 17.4 Å². The van der Waals surface area contributed by atoms with Gasteiger partial charge >= 0.3 is 0 Å². The number of carbonyl (C=O) groups is 1. The number of benzene rings is 3. The lowest BCUT2D eigenvalue weighted by molar-refractivity contribution is -0.118. The van der Waals surface area contributed by atoms with E-state index in [1.807, 2.05) is 32.9 Å². The van der Waals surface area contributed by atoms with E-state index in [1.54, 1.807) is 53.4 Å². The Bertz CT molecular complexity index is 1540. The van der Waals surface area contributed by atoms with Gasteiger partial charge in [0.25, 0.3) is 0 Å². The average molecular weight is 549 g/mol. The number of aryl methyl sites for hydroxylation is 1. The molecule has 0 aromatic heterocycles. The van der Waals surface area contributed by atoms with Crippen LogP contribution >= 0.6 is 23.2 Å². The van der Waals surface area contributed by atoms with Gasteiger partial charge in [0.05, 0.1) is 10.0 Å². The van der Waals surface area contributed by atoms with E-state index in [4.69, 9.17) is 23.2 Å². The normalized spacial score (nSPS) is 20.5. The van der Waals surface area contributed by atoms with Crippen LogP contribution in [0.5, 0.6) is 0 Å². The number of amidine groups is 1. The molecule has 0 bridgehead atoms. The summed E-state index contributed by atoms with van der Waals surface area (Å²) in [6.07, 6.45) is 0.734. The predicted molar refractivity (Wildman–Crippen MR) is 152 cm³/mol. The number of Topliss-reactive ketones (excluding diaryl/α,β-unsaturated/α-hetero) is 1. The summed E-state index contributed by atoms with van der Waals surface area (Å²) < 4.78 is 15.4. The van der Waals surface area contributed by atoms with E-state index in [-0.39, 0.29) is 40.4 Å². The maximum absolute atomic E-state index is 15.4. The highest BCUT2D eigenvalue weighted by atomic mass is 35.5. The summed E-state index contributed by atoms with van der Waals surface area (Å²) in [5.74, 6) is -1.85. The summed E-state index contributed by atoms with van der Waals surface area (Å²) in [6, 6.07) is 18.4. The van der Waals surface area contributed by atoms with Gasteiger partial charge in [-0.05, 0) is 43.0 Å². The number of hydrogen-bond donors (Lipinski definition) is 2. The van der Waals surface area contributed by atoms with Crippen LogP contribution in [0.2, 0.25) is 10.0 Å². The van der Waals surface area contributed by atoms with Crippen LogP contribution < -0.4 is 4.90 Å². The van der Waals surface area contributed by atoms with Crippen LogP contribution in [0, 0.1) is 23.6 Å². The molecular formula is C31H27Cl2FN2O2. The largest absolute Gasteiger partial charge is 0.507 e. The second kappa shape index (κ2) is 9.72. The topological polar surface area (TPSA) is 64.4 Å². The third-order valence-corrected chi connectivity index (χ3v) is 7.92. The van der Waals surface area contributed by atoms with Crippen LogP contribution in [-0.4, -0.2) is 16.7 Å². The Morgan fingerprint density at radius 2 is 1.71 bits per heavy atom. The first-order chi connectivity index (χ1) is 18.0. The first-order valence-electron chi connectivity index (χ1n) is 12.3. The van der Waals surface area contributed by atoms with Crippen molar-refractivity contribution >= 4 is 46.3 Å². The van der Waals surface area contributed by atoms with Gasteiger partial charge in [-0.3, -0.25) is 15.1 Å². The van der Waals surface area contributed by atoms with E-state index in [0.29, 0.717) is 39.0 Å². The van der Waals surface area contributed by atoms with Gasteiger partial charge in [-0.1, -0.05) is 85.1 Å². The first kappa shape index (κ1) is 26.2. The molecule has 5 rings (SSSR count). The molecule has 3 aromatic carbocycles. The minimum absolute atomic E-state index is 0.0565. The quantitative estimate of drug-likeness (QED) is 0.322. The highest BCUT2D eigenvalue weighted by molar-refractivity contribution is 6.42. The van der Waals surface area contributed by atoms with E-state index in [9.17, 15) is 15.3 Å². The zero-order valence-electron chi connectivity index (χ0n) is 21.3. The molecule has 2 N–H and O–H groups in total. The number of anilines is 1. The number of nitrogens with one attached hydrogen (secondary N) is 1. The van der Waals surface area contributed by atoms with Gasteiger partial charge in [-0.2, -0.15) is 0 Å². The van der Waals surface area contributed by atoms with Crippen molar-refractivity contribution in [1.82, 2.24) is 0 Å². The van der Waals surface area contributed by atoms with Crippen molar-refractivity contribution in [3.05, 3.63) is 116 Å². The maximum Gasteiger partial charge on any atom is 0.162 e. The van der Waals surface area contributed by atoms with Gasteiger partial charge in [0.15, 0.2) is 5.78 Å². The minimum atomic E-state index is -0.956. The van der Waals surface area contributed by atoms with Crippen LogP contribution in [0.15, 0.2) is 83.6 Å². The fourth-order valence-electron chi connectivity index (χ4n) is 5.41. The smallest absolute Gasteiger partial charge is 0.162 e. The average Bonchev–Trinajstić information content (AvgIpc) is 2.85. The number of allylic oxidation sites excluding steroid dienone is 2. The Balaban J connectivity index is 1.87. The summed E-state index contributed by atoms with van der Waals surface area (Å²) in [7, 11) is 0. The standard InChI is InChI=1S/C31H27Cl2FN2O2/c1-17-8-10-18(11-9-17)29(38)28-26(20-6-4-5-7-23(20)34)27-24(15-31(2,3)16-25(27)37)36(30(28)35)19-12-13-21(32)22(33)14-19/h4-14,26,35,38H,15-16H2,1-3H3/b29-28+,35-30?. The minimum Gasteiger partial charge on any atom is -0.507 e. The van der Waals surface area contributed by atoms with E-state index in [1.165, 1.54) is 6.07 Å². The van der Waals surface area contributed by atoms with Crippen molar-refractivity contribution in [3.8, 4) is 0 Å². The maximum atomic E-state index is 15.4. The summed E-state index contributed by atoms with van der Waals surface area (Å²) >= 11 is 12.6. The number of carbonyl (C=O) groups excluding carboxylic acids is 1. The zero-order valence-corrected chi connectivity index (χ0v) is 22.8. The summed E-state index contributed by atoms with van der Waals surface area (Å²) in [4.78, 5) is 15.5. The molecule has 0 saturated carbocycles. The molecule has 0 fully saturated rings. The highest BCUT2D eigenvalue weighted by Crippen LogP contribution is 2.52. The molecule has 1 atom stereocenters. The molecule has 38 heavy (non-hydrogen) atoms. The van der Waals surface area contributed by atoms with Crippen molar-refractivity contribution < 1.29 is 14.3 Å². The molecule has 0 saturated heterocycles. The third kappa shape index (κ3) is 4.55.